The molecule has 4 nitrogen and oxygen atoms in total. The average Bonchev–Trinajstić information content (AvgIpc) is 3.30. The fraction of sp³-hybridized carbons (Fsp3) is 0.250. The largest absolute Gasteiger partial charge is 0.416 e. The van der Waals surface area contributed by atoms with Gasteiger partial charge in [-0.15, -0.1) is 11.3 Å². The molecular formula is C24H21F4N3OS. The van der Waals surface area contributed by atoms with Crippen LogP contribution in [0.3, 0.4) is 0 Å². The fourth-order valence-corrected chi connectivity index (χ4v) is 4.93. The molecule has 2 aromatic heterocycles. The van der Waals surface area contributed by atoms with Crippen LogP contribution in [-0.4, -0.2) is 15.7 Å². The first-order valence-electron chi connectivity index (χ1n) is 10.3. The zero-order chi connectivity index (χ0) is 23.9. The van der Waals surface area contributed by atoms with Gasteiger partial charge in [-0.05, 0) is 43.7 Å². The number of amides is 1. The van der Waals surface area contributed by atoms with E-state index in [1.54, 1.807) is 36.7 Å². The zero-order valence-corrected chi connectivity index (χ0v) is 19.0. The normalized spacial score (nSPS) is 11.8. The highest BCUT2D eigenvalue weighted by Crippen LogP contribution is 2.36. The average molecular weight is 476 g/mol. The fourth-order valence-electron chi connectivity index (χ4n) is 3.73. The number of carbonyl (C=O) groups excluding carboxylic acids is 1. The number of aryl methyl sites for hydroxylation is 1. The van der Waals surface area contributed by atoms with Crippen LogP contribution in [-0.2, 0) is 17.4 Å². The van der Waals surface area contributed by atoms with Crippen LogP contribution >= 0.6 is 11.3 Å². The van der Waals surface area contributed by atoms with Crippen molar-refractivity contribution in [2.45, 2.75) is 39.8 Å². The molecule has 172 valence electrons. The SMILES string of the molecule is CCC(=O)Nc1c(C)nn(-c2ccc(F)c3cc(Cc4cccc(C(F)(F)F)c4)sc23)c1C. The van der Waals surface area contributed by atoms with Gasteiger partial charge >= 0.3 is 6.18 Å². The van der Waals surface area contributed by atoms with Crippen molar-refractivity contribution in [3.05, 3.63) is 75.7 Å². The van der Waals surface area contributed by atoms with Gasteiger partial charge in [-0.3, -0.25) is 4.79 Å². The Hall–Kier alpha value is -3.20. The lowest BCUT2D eigenvalue weighted by Gasteiger charge is -2.08. The summed E-state index contributed by atoms with van der Waals surface area (Å²) in [6.07, 6.45) is -3.85. The first-order valence-corrected chi connectivity index (χ1v) is 11.1. The smallest absolute Gasteiger partial charge is 0.323 e. The Morgan fingerprint density at radius 1 is 1.15 bits per heavy atom. The Labute approximate surface area is 191 Å². The third kappa shape index (κ3) is 4.50. The molecule has 0 aliphatic heterocycles. The minimum Gasteiger partial charge on any atom is -0.323 e. The van der Waals surface area contributed by atoms with E-state index in [9.17, 15) is 22.4 Å². The summed E-state index contributed by atoms with van der Waals surface area (Å²) >= 11 is 1.31. The molecule has 0 atom stereocenters. The molecule has 0 aliphatic rings. The van der Waals surface area contributed by atoms with E-state index in [1.807, 2.05) is 6.92 Å². The summed E-state index contributed by atoms with van der Waals surface area (Å²) in [6.45, 7) is 5.35. The molecule has 1 N–H and O–H groups in total. The Morgan fingerprint density at radius 2 is 1.91 bits per heavy atom. The highest BCUT2D eigenvalue weighted by molar-refractivity contribution is 7.19. The number of alkyl halides is 3. The molecule has 4 rings (SSSR count). The maximum Gasteiger partial charge on any atom is 0.416 e. The maximum atomic E-state index is 14.6. The molecule has 9 heteroatoms. The number of rotatable bonds is 5. The Kier molecular flexibility index (Phi) is 6.00. The number of carbonyl (C=O) groups is 1. The number of thiophene rings is 1. The lowest BCUT2D eigenvalue weighted by molar-refractivity contribution is -0.137. The number of benzene rings is 2. The number of anilines is 1. The van der Waals surface area contributed by atoms with Gasteiger partial charge < -0.3 is 5.32 Å². The summed E-state index contributed by atoms with van der Waals surface area (Å²) < 4.78 is 56.1. The third-order valence-electron chi connectivity index (χ3n) is 5.40. The molecule has 0 spiro atoms. The molecule has 0 saturated carbocycles. The number of nitrogens with zero attached hydrogens (tertiary/aromatic N) is 2. The van der Waals surface area contributed by atoms with Gasteiger partial charge in [-0.25, -0.2) is 9.07 Å². The van der Waals surface area contributed by atoms with Crippen molar-refractivity contribution in [2.24, 2.45) is 0 Å². The van der Waals surface area contributed by atoms with Crippen LogP contribution in [0, 0.1) is 19.7 Å². The monoisotopic (exact) mass is 475 g/mol. The minimum absolute atomic E-state index is 0.135. The van der Waals surface area contributed by atoms with Crippen LogP contribution in [0.4, 0.5) is 23.2 Å². The van der Waals surface area contributed by atoms with Crippen LogP contribution in [0.1, 0.15) is 40.7 Å². The predicted molar refractivity (Wildman–Crippen MR) is 122 cm³/mol. The molecule has 0 unspecified atom stereocenters. The van der Waals surface area contributed by atoms with E-state index in [0.29, 0.717) is 44.8 Å². The topological polar surface area (TPSA) is 46.9 Å². The summed E-state index contributed by atoms with van der Waals surface area (Å²) in [6, 6.07) is 9.78. The van der Waals surface area contributed by atoms with Crippen molar-refractivity contribution >= 4 is 33.0 Å². The molecule has 33 heavy (non-hydrogen) atoms. The minimum atomic E-state index is -4.42. The van der Waals surface area contributed by atoms with Gasteiger partial charge in [0.2, 0.25) is 5.91 Å². The number of halogens is 4. The van der Waals surface area contributed by atoms with E-state index in [4.69, 9.17) is 0 Å². The number of aromatic nitrogens is 2. The highest BCUT2D eigenvalue weighted by atomic mass is 32.1. The molecule has 0 radical (unpaired) electrons. The molecule has 0 aliphatic carbocycles. The molecule has 4 aromatic rings. The van der Waals surface area contributed by atoms with Crippen LogP contribution in [0.5, 0.6) is 0 Å². The molecule has 1 amide bonds. The van der Waals surface area contributed by atoms with Gasteiger partial charge in [-0.1, -0.05) is 25.1 Å². The van der Waals surface area contributed by atoms with Gasteiger partial charge in [0, 0.05) is 23.1 Å². The van der Waals surface area contributed by atoms with Crippen LogP contribution < -0.4 is 5.32 Å². The van der Waals surface area contributed by atoms with E-state index in [2.05, 4.69) is 10.4 Å². The molecular weight excluding hydrogens is 454 g/mol. The number of hydrogen-bond acceptors (Lipinski definition) is 3. The van der Waals surface area contributed by atoms with Gasteiger partial charge in [0.05, 0.1) is 33.0 Å². The zero-order valence-electron chi connectivity index (χ0n) is 18.2. The first-order chi connectivity index (χ1) is 15.6. The summed E-state index contributed by atoms with van der Waals surface area (Å²) in [5, 5.41) is 7.77. The van der Waals surface area contributed by atoms with Crippen molar-refractivity contribution in [1.82, 2.24) is 9.78 Å². The molecule has 0 fully saturated rings. The number of fused-ring (bicyclic) bond motifs is 1. The van der Waals surface area contributed by atoms with E-state index < -0.39 is 17.6 Å². The van der Waals surface area contributed by atoms with Gasteiger partial charge in [-0.2, -0.15) is 18.3 Å². The standard InChI is InChI=1S/C24H21F4N3OS/c1-4-21(32)29-22-13(2)30-31(14(22)3)20-9-8-19(25)18-12-17(33-23(18)20)11-15-6-5-7-16(10-15)24(26,27)28/h5-10,12H,4,11H2,1-3H3,(H,29,32). The molecule has 2 heterocycles. The number of hydrogen-bond donors (Lipinski definition) is 1. The van der Waals surface area contributed by atoms with Crippen molar-refractivity contribution < 1.29 is 22.4 Å². The summed E-state index contributed by atoms with van der Waals surface area (Å²) in [4.78, 5) is 12.6. The van der Waals surface area contributed by atoms with E-state index in [0.717, 1.165) is 17.0 Å². The van der Waals surface area contributed by atoms with Crippen molar-refractivity contribution in [2.75, 3.05) is 5.32 Å². The molecule has 0 saturated heterocycles. The van der Waals surface area contributed by atoms with Crippen molar-refractivity contribution in [1.29, 1.82) is 0 Å². The maximum absolute atomic E-state index is 14.6. The van der Waals surface area contributed by atoms with Gasteiger partial charge in [0.1, 0.15) is 5.82 Å². The second-order valence-corrected chi connectivity index (χ2v) is 8.89. The first kappa shape index (κ1) is 23.0. The van der Waals surface area contributed by atoms with Gasteiger partial charge in [0.25, 0.3) is 0 Å². The van der Waals surface area contributed by atoms with Crippen LogP contribution in [0.25, 0.3) is 15.8 Å². The quantitative estimate of drug-likeness (QED) is 0.323. The highest BCUT2D eigenvalue weighted by Gasteiger charge is 2.30. The van der Waals surface area contributed by atoms with E-state index in [-0.39, 0.29) is 12.3 Å². The summed E-state index contributed by atoms with van der Waals surface area (Å²) in [5.41, 5.74) is 2.37. The second kappa shape index (κ2) is 8.62. The third-order valence-corrected chi connectivity index (χ3v) is 6.56. The van der Waals surface area contributed by atoms with Crippen molar-refractivity contribution in [3.8, 4) is 5.69 Å². The van der Waals surface area contributed by atoms with Gasteiger partial charge in [0.15, 0.2) is 0 Å². The summed E-state index contributed by atoms with van der Waals surface area (Å²) in [7, 11) is 0. The lowest BCUT2D eigenvalue weighted by Crippen LogP contribution is -2.11. The van der Waals surface area contributed by atoms with Crippen LogP contribution in [0.15, 0.2) is 42.5 Å². The van der Waals surface area contributed by atoms with Crippen molar-refractivity contribution in [3.63, 3.8) is 0 Å². The van der Waals surface area contributed by atoms with E-state index in [1.165, 1.54) is 23.5 Å². The molecule has 2 aromatic carbocycles. The Bertz CT molecular complexity index is 1350. The van der Waals surface area contributed by atoms with E-state index >= 15 is 0 Å². The second-order valence-electron chi connectivity index (χ2n) is 7.76. The summed E-state index contributed by atoms with van der Waals surface area (Å²) in [5.74, 6) is -0.550. The predicted octanol–water partition coefficient (Wildman–Crippen LogP) is 6.80. The Morgan fingerprint density at radius 3 is 2.61 bits per heavy atom. The van der Waals surface area contributed by atoms with Crippen LogP contribution in [0.2, 0.25) is 0 Å². The lowest BCUT2D eigenvalue weighted by atomic mass is 10.1. The number of nitrogens with one attached hydrogen (secondary N) is 1. The molecule has 0 bridgehead atoms. The Balaban J connectivity index is 1.76.